The predicted molar refractivity (Wildman–Crippen MR) is 191 cm³/mol. The zero-order chi connectivity index (χ0) is 35.1. The Morgan fingerprint density at radius 2 is 0.980 bits per heavy atom. The van der Waals surface area contributed by atoms with Crippen LogP contribution >= 0.6 is 0 Å². The molecule has 3 aromatic carbocycles. The van der Waals surface area contributed by atoms with Crippen LogP contribution in [0.1, 0.15) is 50.9 Å². The summed E-state index contributed by atoms with van der Waals surface area (Å²) in [6.07, 6.45) is 1.98. The van der Waals surface area contributed by atoms with E-state index in [1.807, 2.05) is 42.5 Å². The maximum Gasteiger partial charge on any atom is 0.164 e. The lowest BCUT2D eigenvalue weighted by Gasteiger charge is -2.36. The number of rotatable bonds is 14. The summed E-state index contributed by atoms with van der Waals surface area (Å²) in [6, 6.07) is 17.5. The van der Waals surface area contributed by atoms with Crippen molar-refractivity contribution in [1.29, 1.82) is 0 Å². The Bertz CT molecular complexity index is 2020. The van der Waals surface area contributed by atoms with E-state index < -0.39 is 5.41 Å². The Hall–Kier alpha value is -5.18. The quantitative estimate of drug-likeness (QED) is 0.112. The third-order valence-corrected chi connectivity index (χ3v) is 9.19. The molecule has 0 aliphatic heterocycles. The van der Waals surface area contributed by atoms with E-state index in [0.29, 0.717) is 64.3 Å². The zero-order valence-electron chi connectivity index (χ0n) is 29.7. The van der Waals surface area contributed by atoms with Crippen LogP contribution in [0.5, 0.6) is 34.5 Å². The van der Waals surface area contributed by atoms with Crippen molar-refractivity contribution in [3.63, 3.8) is 0 Å². The van der Waals surface area contributed by atoms with Gasteiger partial charge in [-0.1, -0.05) is 27.4 Å². The summed E-state index contributed by atoms with van der Waals surface area (Å²) in [5.41, 5.74) is 2.25. The largest absolute Gasteiger partial charge is 0.493 e. The highest BCUT2D eigenvalue weighted by atomic mass is 16.5. The molecule has 6 aromatic rings. The third-order valence-electron chi connectivity index (χ3n) is 9.19. The topological polar surface area (TPSA) is 94.8 Å². The maximum atomic E-state index is 6.64. The van der Waals surface area contributed by atoms with Crippen LogP contribution in [-0.2, 0) is 11.8 Å². The molecule has 3 heterocycles. The van der Waals surface area contributed by atoms with Crippen LogP contribution in [-0.4, -0.2) is 42.7 Å². The van der Waals surface area contributed by atoms with E-state index in [2.05, 4.69) is 39.5 Å². The van der Waals surface area contributed by atoms with Gasteiger partial charge in [0.1, 0.15) is 34.0 Å². The van der Waals surface area contributed by atoms with Gasteiger partial charge in [-0.2, -0.15) is 0 Å². The Morgan fingerprint density at radius 3 is 1.49 bits per heavy atom. The summed E-state index contributed by atoms with van der Waals surface area (Å²) in [5.74, 6) is 6.15. The molecule has 0 fully saturated rings. The highest BCUT2D eigenvalue weighted by molar-refractivity contribution is 5.86. The first-order valence-electron chi connectivity index (χ1n) is 16.1. The van der Waals surface area contributed by atoms with Crippen LogP contribution < -0.4 is 28.4 Å². The Balaban J connectivity index is 1.37. The molecule has 0 bridgehead atoms. The van der Waals surface area contributed by atoms with Gasteiger partial charge in [-0.05, 0) is 60.2 Å². The van der Waals surface area contributed by atoms with Gasteiger partial charge in [0.25, 0.3) is 0 Å². The van der Waals surface area contributed by atoms with E-state index in [9.17, 15) is 0 Å². The first-order chi connectivity index (χ1) is 23.4. The molecule has 1 atom stereocenters. The van der Waals surface area contributed by atoms with Gasteiger partial charge in [-0.15, -0.1) is 0 Å². The minimum absolute atomic E-state index is 0.236. The molecule has 0 N–H and O–H groups in total. The molecule has 258 valence electrons. The summed E-state index contributed by atoms with van der Waals surface area (Å²) in [4.78, 5) is 0. The number of ether oxygens (including phenoxy) is 6. The summed E-state index contributed by atoms with van der Waals surface area (Å²) in [6.45, 7) is 11.2. The van der Waals surface area contributed by atoms with E-state index >= 15 is 0 Å². The summed E-state index contributed by atoms with van der Waals surface area (Å²) in [5, 5.41) is 2.78. The summed E-state index contributed by atoms with van der Waals surface area (Å²) >= 11 is 0. The second-order valence-electron chi connectivity index (χ2n) is 13.5. The highest BCUT2D eigenvalue weighted by Gasteiger charge is 2.39. The number of hydrogen-bond acceptors (Lipinski definition) is 9. The third kappa shape index (κ3) is 6.49. The van der Waals surface area contributed by atoms with Gasteiger partial charge in [0.15, 0.2) is 34.5 Å². The number of fused-ring (bicyclic) bond motifs is 3. The van der Waals surface area contributed by atoms with E-state index in [4.69, 9.17) is 41.7 Å². The molecule has 0 radical (unpaired) electrons. The first-order valence-corrected chi connectivity index (χ1v) is 16.1. The normalized spacial score (nSPS) is 13.1. The Labute approximate surface area is 286 Å². The van der Waals surface area contributed by atoms with Crippen molar-refractivity contribution in [3.05, 3.63) is 78.5 Å². The molecule has 9 heteroatoms. The van der Waals surface area contributed by atoms with Crippen LogP contribution in [0.3, 0.4) is 0 Å². The fourth-order valence-corrected chi connectivity index (χ4v) is 7.10. The maximum absolute atomic E-state index is 6.64. The van der Waals surface area contributed by atoms with Gasteiger partial charge in [0.2, 0.25) is 0 Å². The minimum Gasteiger partial charge on any atom is -0.493 e. The molecule has 6 rings (SSSR count). The molecule has 0 aliphatic rings. The fraction of sp³-hybridized carbons (Fsp3) is 0.350. The van der Waals surface area contributed by atoms with Gasteiger partial charge in [0.05, 0.1) is 42.7 Å². The summed E-state index contributed by atoms with van der Waals surface area (Å²) in [7, 11) is 9.73. The number of benzene rings is 3. The van der Waals surface area contributed by atoms with Crippen molar-refractivity contribution >= 4 is 38.5 Å². The van der Waals surface area contributed by atoms with Crippen molar-refractivity contribution in [2.45, 2.75) is 45.4 Å². The molecular weight excluding hydrogens is 624 g/mol. The average Bonchev–Trinajstić information content (AvgIpc) is 3.81. The van der Waals surface area contributed by atoms with Crippen LogP contribution in [0.4, 0.5) is 0 Å². The van der Waals surface area contributed by atoms with Crippen LogP contribution in [0, 0.1) is 5.41 Å². The number of hydrogen-bond donors (Lipinski definition) is 0. The molecule has 3 aromatic heterocycles. The van der Waals surface area contributed by atoms with Crippen LogP contribution in [0.15, 0.2) is 74.4 Å². The number of furan rings is 3. The number of methoxy groups -OCH3 is 6. The van der Waals surface area contributed by atoms with E-state index in [0.717, 1.165) is 45.3 Å². The zero-order valence-corrected chi connectivity index (χ0v) is 29.7. The molecule has 0 saturated carbocycles. The van der Waals surface area contributed by atoms with Gasteiger partial charge in [-0.25, -0.2) is 0 Å². The molecule has 49 heavy (non-hydrogen) atoms. The van der Waals surface area contributed by atoms with Crippen molar-refractivity contribution in [2.24, 2.45) is 5.41 Å². The van der Waals surface area contributed by atoms with E-state index in [1.165, 1.54) is 0 Å². The smallest absolute Gasteiger partial charge is 0.164 e. The van der Waals surface area contributed by atoms with Crippen LogP contribution in [0.25, 0.3) is 38.5 Å². The molecular formula is C40H44O9. The standard InChI is InChI=1S/C40H44O9/c1-23(28-12-25-14-33(42-6)36(45-9)18-30(25)48-28)20-40(4,38-16-26-15-34(43-7)37(46-10)19-31(26)49-38)22-39(2,3)21-27-11-24-13-32(41-5)35(44-8)17-29(24)47-27/h11-19H,1,20-22H2,2-10H3/t40-/m0/s1. The van der Waals surface area contributed by atoms with Crippen molar-refractivity contribution in [3.8, 4) is 34.5 Å². The fourth-order valence-electron chi connectivity index (χ4n) is 7.10. The number of allylic oxidation sites excluding steroid dienone is 1. The molecule has 0 spiro atoms. The van der Waals surface area contributed by atoms with Crippen molar-refractivity contribution < 1.29 is 41.7 Å². The molecule has 0 aliphatic carbocycles. The van der Waals surface area contributed by atoms with Crippen LogP contribution in [0.2, 0.25) is 0 Å². The predicted octanol–water partition coefficient (Wildman–Crippen LogP) is 10.00. The van der Waals surface area contributed by atoms with Crippen molar-refractivity contribution in [2.75, 3.05) is 42.7 Å². The average molecular weight is 669 g/mol. The summed E-state index contributed by atoms with van der Waals surface area (Å²) < 4.78 is 52.5. The lowest BCUT2D eigenvalue weighted by Crippen LogP contribution is -2.31. The van der Waals surface area contributed by atoms with Gasteiger partial charge in [-0.3, -0.25) is 0 Å². The molecule has 0 unspecified atom stereocenters. The van der Waals surface area contributed by atoms with E-state index in [1.54, 1.807) is 42.7 Å². The lowest BCUT2D eigenvalue weighted by atomic mass is 9.68. The monoisotopic (exact) mass is 668 g/mol. The van der Waals surface area contributed by atoms with Crippen molar-refractivity contribution in [1.82, 2.24) is 0 Å². The second-order valence-corrected chi connectivity index (χ2v) is 13.5. The molecule has 0 amide bonds. The van der Waals surface area contributed by atoms with Gasteiger partial charge < -0.3 is 41.7 Å². The van der Waals surface area contributed by atoms with E-state index in [-0.39, 0.29) is 5.41 Å². The molecule has 0 saturated heterocycles. The first kappa shape index (κ1) is 33.7. The lowest BCUT2D eigenvalue weighted by molar-refractivity contribution is 0.212. The second kappa shape index (κ2) is 13.0. The Kier molecular flexibility index (Phi) is 8.96. The Morgan fingerprint density at radius 1 is 0.551 bits per heavy atom. The SMILES string of the molecule is C=C(C[C@@](C)(CC(C)(C)Cc1cc2cc(OC)c(OC)cc2o1)c1cc2cc(OC)c(OC)cc2o1)c1cc2cc(OC)c(OC)cc2o1. The van der Waals surface area contributed by atoms with Gasteiger partial charge >= 0.3 is 0 Å². The highest BCUT2D eigenvalue weighted by Crippen LogP contribution is 2.48. The molecule has 9 nitrogen and oxygen atoms in total. The minimum atomic E-state index is -0.507. The van der Waals surface area contributed by atoms with Gasteiger partial charge in [0, 0.05) is 46.2 Å².